The van der Waals surface area contributed by atoms with Crippen molar-refractivity contribution in [3.63, 3.8) is 0 Å². The molecule has 1 aromatic carbocycles. The Morgan fingerprint density at radius 2 is 2.00 bits per heavy atom. The van der Waals surface area contributed by atoms with E-state index in [0.717, 1.165) is 11.3 Å². The fourth-order valence-electron chi connectivity index (χ4n) is 2.66. The minimum atomic E-state index is -0.463. The van der Waals surface area contributed by atoms with Crippen LogP contribution in [0.3, 0.4) is 0 Å². The molecule has 1 aromatic rings. The van der Waals surface area contributed by atoms with Gasteiger partial charge in [-0.2, -0.15) is 0 Å². The second-order valence-corrected chi connectivity index (χ2v) is 7.52. The van der Waals surface area contributed by atoms with Gasteiger partial charge >= 0.3 is 0 Å². The summed E-state index contributed by atoms with van der Waals surface area (Å²) < 4.78 is 0.646. The van der Waals surface area contributed by atoms with Gasteiger partial charge in [-0.3, -0.25) is 9.69 Å². The molecular formula is C17H20N2OS2. The average Bonchev–Trinajstić information content (AvgIpc) is 2.90. The van der Waals surface area contributed by atoms with E-state index in [2.05, 4.69) is 18.7 Å². The van der Waals surface area contributed by atoms with Crippen LogP contribution in [0.25, 0.3) is 4.85 Å². The van der Waals surface area contributed by atoms with Gasteiger partial charge in [0.25, 0.3) is 6.04 Å². The fraction of sp³-hybridized carbons (Fsp3) is 0.471. The number of carbonyl (C=O) groups excluding carboxylic acids is 1. The number of benzene rings is 1. The van der Waals surface area contributed by atoms with Crippen molar-refractivity contribution in [1.82, 2.24) is 4.90 Å². The van der Waals surface area contributed by atoms with Crippen LogP contribution in [0.2, 0.25) is 0 Å². The van der Waals surface area contributed by atoms with Gasteiger partial charge in [0, 0.05) is 17.4 Å². The highest BCUT2D eigenvalue weighted by Crippen LogP contribution is 2.34. The van der Waals surface area contributed by atoms with Crippen LogP contribution in [-0.2, 0) is 4.79 Å². The molecule has 0 bridgehead atoms. The molecule has 1 fully saturated rings. The van der Waals surface area contributed by atoms with Crippen LogP contribution in [0.5, 0.6) is 0 Å². The first-order valence-corrected chi connectivity index (χ1v) is 8.78. The van der Waals surface area contributed by atoms with Crippen LogP contribution in [0.15, 0.2) is 30.3 Å². The van der Waals surface area contributed by atoms with Crippen molar-refractivity contribution in [3.05, 3.63) is 47.3 Å². The van der Waals surface area contributed by atoms with Gasteiger partial charge in [-0.05, 0) is 12.8 Å². The minimum Gasteiger partial charge on any atom is -0.308 e. The zero-order chi connectivity index (χ0) is 16.3. The predicted octanol–water partition coefficient (Wildman–Crippen LogP) is 4.17. The van der Waals surface area contributed by atoms with E-state index in [0.29, 0.717) is 10.2 Å². The van der Waals surface area contributed by atoms with Crippen molar-refractivity contribution in [2.45, 2.75) is 32.9 Å². The first-order chi connectivity index (χ1) is 10.5. The van der Waals surface area contributed by atoms with Gasteiger partial charge in [-0.25, -0.2) is 6.57 Å². The van der Waals surface area contributed by atoms with Gasteiger partial charge in [0.05, 0.1) is 0 Å². The summed E-state index contributed by atoms with van der Waals surface area (Å²) in [6, 6.07) is 9.20. The van der Waals surface area contributed by atoms with E-state index in [1.807, 2.05) is 37.3 Å². The number of hydrogen-bond donors (Lipinski definition) is 0. The van der Waals surface area contributed by atoms with Gasteiger partial charge in [0.2, 0.25) is 5.91 Å². The van der Waals surface area contributed by atoms with Crippen molar-refractivity contribution >= 4 is 34.2 Å². The van der Waals surface area contributed by atoms with Crippen LogP contribution in [0, 0.1) is 18.4 Å². The van der Waals surface area contributed by atoms with Gasteiger partial charge < -0.3 is 4.85 Å². The summed E-state index contributed by atoms with van der Waals surface area (Å²) in [5.41, 5.74) is 0.886. The number of amides is 1. The molecule has 1 aliphatic heterocycles. The molecule has 2 rings (SSSR count). The fourth-order valence-corrected chi connectivity index (χ4v) is 4.30. The highest BCUT2D eigenvalue weighted by atomic mass is 32.2. The Kier molecular flexibility index (Phi) is 5.60. The Hall–Kier alpha value is -1.38. The molecule has 0 unspecified atom stereocenters. The molecule has 22 heavy (non-hydrogen) atoms. The van der Waals surface area contributed by atoms with Crippen molar-refractivity contribution in [3.8, 4) is 0 Å². The Bertz CT molecular complexity index is 594. The highest BCUT2D eigenvalue weighted by molar-refractivity contribution is 8.23. The third-order valence-electron chi connectivity index (χ3n) is 4.06. The summed E-state index contributed by atoms with van der Waals surface area (Å²) in [7, 11) is 0. The zero-order valence-electron chi connectivity index (χ0n) is 13.0. The molecule has 1 saturated heterocycles. The number of thioether (sulfide) groups is 1. The number of hydrogen-bond acceptors (Lipinski definition) is 3. The molecule has 1 heterocycles. The normalized spacial score (nSPS) is 20.8. The Morgan fingerprint density at radius 1 is 1.36 bits per heavy atom. The van der Waals surface area contributed by atoms with E-state index in [9.17, 15) is 4.79 Å². The van der Waals surface area contributed by atoms with Crippen LogP contribution in [0.1, 0.15) is 32.4 Å². The SMILES string of the molecule is [C-]#[N+][C@@H](c1ccccc1)[C@@H](C)C(=O)N1C(=S)SC[C@@H]1C(C)C. The maximum atomic E-state index is 12.9. The lowest BCUT2D eigenvalue weighted by Gasteiger charge is -2.29. The van der Waals surface area contributed by atoms with E-state index in [-0.39, 0.29) is 11.9 Å². The Labute approximate surface area is 141 Å². The van der Waals surface area contributed by atoms with Crippen LogP contribution in [-0.4, -0.2) is 26.9 Å². The second-order valence-electron chi connectivity index (χ2n) is 5.87. The van der Waals surface area contributed by atoms with E-state index < -0.39 is 12.0 Å². The number of thiocarbonyl (C=S) groups is 1. The average molecular weight is 332 g/mol. The lowest BCUT2D eigenvalue weighted by Crippen LogP contribution is -2.45. The maximum absolute atomic E-state index is 12.9. The summed E-state index contributed by atoms with van der Waals surface area (Å²) in [4.78, 5) is 18.4. The lowest BCUT2D eigenvalue weighted by atomic mass is 9.93. The van der Waals surface area contributed by atoms with Crippen molar-refractivity contribution in [1.29, 1.82) is 0 Å². The molecule has 3 nitrogen and oxygen atoms in total. The Morgan fingerprint density at radius 3 is 2.55 bits per heavy atom. The van der Waals surface area contributed by atoms with Crippen LogP contribution < -0.4 is 0 Å². The van der Waals surface area contributed by atoms with E-state index in [1.165, 1.54) is 0 Å². The molecule has 3 atom stereocenters. The highest BCUT2D eigenvalue weighted by Gasteiger charge is 2.41. The van der Waals surface area contributed by atoms with Gasteiger partial charge in [-0.15, -0.1) is 0 Å². The van der Waals surface area contributed by atoms with Crippen molar-refractivity contribution in [2.75, 3.05) is 5.75 Å². The monoisotopic (exact) mass is 332 g/mol. The summed E-state index contributed by atoms with van der Waals surface area (Å²) in [6.45, 7) is 13.5. The third-order valence-corrected chi connectivity index (χ3v) is 5.56. The standard InChI is InChI=1S/C17H20N2OS2/c1-11(2)14-10-22-17(21)19(14)16(20)12(3)15(18-4)13-8-6-5-7-9-13/h5-9,11-12,14-15H,10H2,1-3H3/t12-,14-,15-/m1/s1. The summed E-state index contributed by atoms with van der Waals surface area (Å²) in [5.74, 6) is 0.770. The van der Waals surface area contributed by atoms with Crippen molar-refractivity contribution < 1.29 is 4.79 Å². The molecule has 116 valence electrons. The van der Waals surface area contributed by atoms with E-state index in [4.69, 9.17) is 18.8 Å². The molecule has 0 saturated carbocycles. The molecule has 0 radical (unpaired) electrons. The van der Waals surface area contributed by atoms with Crippen molar-refractivity contribution in [2.24, 2.45) is 11.8 Å². The first-order valence-electron chi connectivity index (χ1n) is 7.38. The molecular weight excluding hydrogens is 312 g/mol. The molecule has 0 aliphatic carbocycles. The topological polar surface area (TPSA) is 24.7 Å². The van der Waals surface area contributed by atoms with Gasteiger partial charge in [0.15, 0.2) is 0 Å². The molecule has 5 heteroatoms. The largest absolute Gasteiger partial charge is 0.308 e. The number of carbonyl (C=O) groups is 1. The van der Waals surface area contributed by atoms with E-state index in [1.54, 1.807) is 16.7 Å². The molecule has 0 N–H and O–H groups in total. The zero-order valence-corrected chi connectivity index (χ0v) is 14.7. The molecule has 0 aromatic heterocycles. The Balaban J connectivity index is 2.24. The third kappa shape index (κ3) is 3.34. The van der Waals surface area contributed by atoms with E-state index >= 15 is 0 Å². The summed E-state index contributed by atoms with van der Waals surface area (Å²) >= 11 is 6.92. The second kappa shape index (κ2) is 7.26. The predicted molar refractivity (Wildman–Crippen MR) is 95.5 cm³/mol. The molecule has 1 amide bonds. The number of nitrogens with zero attached hydrogens (tertiary/aromatic N) is 2. The summed E-state index contributed by atoms with van der Waals surface area (Å²) in [6.07, 6.45) is 0. The first kappa shape index (κ1) is 17.0. The van der Waals surface area contributed by atoms with Gasteiger partial charge in [-0.1, -0.05) is 68.2 Å². The summed E-state index contributed by atoms with van der Waals surface area (Å²) in [5, 5.41) is 0. The van der Waals surface area contributed by atoms with Crippen LogP contribution >= 0.6 is 24.0 Å². The smallest absolute Gasteiger partial charge is 0.259 e. The van der Waals surface area contributed by atoms with Gasteiger partial charge in [0.1, 0.15) is 10.2 Å². The molecule has 0 spiro atoms. The molecule has 1 aliphatic rings. The van der Waals surface area contributed by atoms with Crippen LogP contribution in [0.4, 0.5) is 0 Å². The lowest BCUT2D eigenvalue weighted by molar-refractivity contribution is -0.132. The number of rotatable bonds is 4. The maximum Gasteiger partial charge on any atom is 0.259 e. The quantitative estimate of drug-likeness (QED) is 0.611. The minimum absolute atomic E-state index is 0.0291.